The molecular weight excluding hydrogens is 424 g/mol. The van der Waals surface area contributed by atoms with Crippen molar-refractivity contribution in [3.8, 4) is 17.3 Å². The maximum Gasteiger partial charge on any atom is 0.234 e. The van der Waals surface area contributed by atoms with Crippen LogP contribution in [0.2, 0.25) is 5.02 Å². The molecule has 4 aromatic rings. The second kappa shape index (κ2) is 8.81. The molecule has 30 heavy (non-hydrogen) atoms. The minimum atomic E-state index is -0.129. The van der Waals surface area contributed by atoms with E-state index in [1.165, 1.54) is 11.8 Å². The van der Waals surface area contributed by atoms with E-state index in [0.29, 0.717) is 34.0 Å². The summed E-state index contributed by atoms with van der Waals surface area (Å²) in [6.07, 6.45) is 0. The van der Waals surface area contributed by atoms with Crippen LogP contribution < -0.4 is 10.1 Å². The van der Waals surface area contributed by atoms with E-state index in [-0.39, 0.29) is 11.7 Å². The normalized spacial score (nSPS) is 11.0. The van der Waals surface area contributed by atoms with Crippen molar-refractivity contribution in [2.24, 2.45) is 0 Å². The highest BCUT2D eigenvalue weighted by molar-refractivity contribution is 7.99. The minimum absolute atomic E-state index is 0.129. The first-order chi connectivity index (χ1) is 14.6. The van der Waals surface area contributed by atoms with Crippen LogP contribution in [-0.4, -0.2) is 33.5 Å². The number of fused-ring (bicyclic) bond motifs is 1. The molecule has 154 valence electrons. The molecule has 2 aromatic heterocycles. The molecule has 2 heterocycles. The van der Waals surface area contributed by atoms with Crippen LogP contribution in [0.4, 0.5) is 5.69 Å². The lowest BCUT2D eigenvalue weighted by atomic mass is 10.2. The highest BCUT2D eigenvalue weighted by Crippen LogP contribution is 2.30. The molecule has 0 unspecified atom stereocenters. The van der Waals surface area contributed by atoms with Gasteiger partial charge in [-0.3, -0.25) is 9.36 Å². The fourth-order valence-corrected chi connectivity index (χ4v) is 3.97. The summed E-state index contributed by atoms with van der Waals surface area (Å²) in [6, 6.07) is 14.5. The SMILES string of the molecule is CCn1c(SCC(=O)Nc2ccc(OC)cc2)nnc1-c1cc2cc(Cl)ccc2o1. The summed E-state index contributed by atoms with van der Waals surface area (Å²) in [6.45, 7) is 2.64. The molecule has 2 aromatic carbocycles. The monoisotopic (exact) mass is 442 g/mol. The Labute approximate surface area is 182 Å². The van der Waals surface area contributed by atoms with Crippen molar-refractivity contribution in [2.45, 2.75) is 18.6 Å². The molecule has 0 atom stereocenters. The molecule has 0 radical (unpaired) electrons. The molecule has 0 bridgehead atoms. The Morgan fingerprint density at radius 1 is 1.20 bits per heavy atom. The van der Waals surface area contributed by atoms with Crippen LogP contribution in [-0.2, 0) is 11.3 Å². The molecule has 0 saturated heterocycles. The number of rotatable bonds is 7. The number of aromatic nitrogens is 3. The van der Waals surface area contributed by atoms with Crippen molar-refractivity contribution in [3.63, 3.8) is 0 Å². The molecule has 4 rings (SSSR count). The quantitative estimate of drug-likeness (QED) is 0.401. The number of amides is 1. The predicted octanol–water partition coefficient (Wildman–Crippen LogP) is 5.10. The number of halogens is 1. The van der Waals surface area contributed by atoms with Gasteiger partial charge in [0, 0.05) is 22.6 Å². The van der Waals surface area contributed by atoms with Crippen LogP contribution in [0.1, 0.15) is 6.92 Å². The third-order valence-electron chi connectivity index (χ3n) is 4.44. The van der Waals surface area contributed by atoms with Gasteiger partial charge >= 0.3 is 0 Å². The number of thioether (sulfide) groups is 1. The molecule has 0 saturated carbocycles. The summed E-state index contributed by atoms with van der Waals surface area (Å²) >= 11 is 7.38. The van der Waals surface area contributed by atoms with Crippen molar-refractivity contribution < 1.29 is 13.9 Å². The Hall–Kier alpha value is -2.97. The Balaban J connectivity index is 1.46. The Morgan fingerprint density at radius 2 is 2.00 bits per heavy atom. The average molecular weight is 443 g/mol. The number of nitrogens with one attached hydrogen (secondary N) is 1. The molecule has 0 aliphatic heterocycles. The summed E-state index contributed by atoms with van der Waals surface area (Å²) in [7, 11) is 1.60. The summed E-state index contributed by atoms with van der Waals surface area (Å²) < 4.78 is 12.9. The van der Waals surface area contributed by atoms with Crippen LogP contribution in [0.15, 0.2) is 58.1 Å². The number of methoxy groups -OCH3 is 1. The van der Waals surface area contributed by atoms with Gasteiger partial charge in [-0.05, 0) is 55.5 Å². The van der Waals surface area contributed by atoms with E-state index >= 15 is 0 Å². The third kappa shape index (κ3) is 4.29. The van der Waals surface area contributed by atoms with E-state index in [9.17, 15) is 4.79 Å². The second-order valence-corrected chi connectivity index (χ2v) is 7.79. The predicted molar refractivity (Wildman–Crippen MR) is 118 cm³/mol. The number of carbonyl (C=O) groups is 1. The molecular formula is C21H19ClN4O3S. The van der Waals surface area contributed by atoms with Crippen LogP contribution in [0, 0.1) is 0 Å². The van der Waals surface area contributed by atoms with E-state index in [4.69, 9.17) is 20.8 Å². The van der Waals surface area contributed by atoms with Gasteiger partial charge in [-0.25, -0.2) is 0 Å². The number of carbonyl (C=O) groups excluding carboxylic acids is 1. The van der Waals surface area contributed by atoms with Crippen molar-refractivity contribution in [3.05, 3.63) is 53.6 Å². The van der Waals surface area contributed by atoms with Crippen molar-refractivity contribution in [2.75, 3.05) is 18.2 Å². The lowest BCUT2D eigenvalue weighted by molar-refractivity contribution is -0.113. The van der Waals surface area contributed by atoms with Crippen molar-refractivity contribution in [1.82, 2.24) is 14.8 Å². The van der Waals surface area contributed by atoms with Crippen molar-refractivity contribution >= 4 is 45.9 Å². The number of ether oxygens (including phenoxy) is 1. The number of hydrogen-bond donors (Lipinski definition) is 1. The lowest BCUT2D eigenvalue weighted by Gasteiger charge is -2.07. The van der Waals surface area contributed by atoms with Gasteiger partial charge in [-0.1, -0.05) is 23.4 Å². The molecule has 0 aliphatic rings. The maximum atomic E-state index is 12.3. The lowest BCUT2D eigenvalue weighted by Crippen LogP contribution is -2.14. The first-order valence-corrected chi connectivity index (χ1v) is 10.6. The zero-order valence-electron chi connectivity index (χ0n) is 16.4. The van der Waals surface area contributed by atoms with Crippen LogP contribution in [0.3, 0.4) is 0 Å². The summed E-state index contributed by atoms with van der Waals surface area (Å²) in [5, 5.41) is 13.6. The van der Waals surface area contributed by atoms with Gasteiger partial charge in [0.05, 0.1) is 12.9 Å². The second-order valence-electron chi connectivity index (χ2n) is 6.41. The van der Waals surface area contributed by atoms with E-state index in [1.54, 1.807) is 37.4 Å². The standard InChI is InChI=1S/C21H19ClN4O3S/c1-3-26-20(18-11-13-10-14(22)4-9-17(13)29-18)24-25-21(26)30-12-19(27)23-15-5-7-16(28-2)8-6-15/h4-11H,3,12H2,1-2H3,(H,23,27). The molecule has 0 spiro atoms. The first kappa shape index (κ1) is 20.3. The summed E-state index contributed by atoms with van der Waals surface area (Å²) in [5.41, 5.74) is 1.44. The topological polar surface area (TPSA) is 82.2 Å². The van der Waals surface area contributed by atoms with Gasteiger partial charge in [0.25, 0.3) is 0 Å². The van der Waals surface area contributed by atoms with Crippen molar-refractivity contribution in [1.29, 1.82) is 0 Å². The molecule has 1 amide bonds. The third-order valence-corrected chi connectivity index (χ3v) is 5.64. The van der Waals surface area contributed by atoms with Gasteiger partial charge in [0.1, 0.15) is 11.3 Å². The Bertz CT molecular complexity index is 1190. The number of nitrogens with zero attached hydrogens (tertiary/aromatic N) is 3. The molecule has 0 fully saturated rings. The molecule has 0 aliphatic carbocycles. The summed E-state index contributed by atoms with van der Waals surface area (Å²) in [5.74, 6) is 2.04. The van der Waals surface area contributed by atoms with E-state index in [1.807, 2.05) is 29.7 Å². The highest BCUT2D eigenvalue weighted by Gasteiger charge is 2.18. The fourth-order valence-electron chi connectivity index (χ4n) is 2.99. The maximum absolute atomic E-state index is 12.3. The van der Waals surface area contributed by atoms with Gasteiger partial charge < -0.3 is 14.5 Å². The smallest absolute Gasteiger partial charge is 0.234 e. The molecule has 1 N–H and O–H groups in total. The van der Waals surface area contributed by atoms with Gasteiger partial charge in [0.15, 0.2) is 10.9 Å². The Kier molecular flexibility index (Phi) is 5.96. The van der Waals surface area contributed by atoms with Crippen LogP contribution >= 0.6 is 23.4 Å². The van der Waals surface area contributed by atoms with E-state index in [0.717, 1.165) is 16.7 Å². The largest absolute Gasteiger partial charge is 0.497 e. The first-order valence-electron chi connectivity index (χ1n) is 9.26. The minimum Gasteiger partial charge on any atom is -0.497 e. The summed E-state index contributed by atoms with van der Waals surface area (Å²) in [4.78, 5) is 12.3. The number of anilines is 1. The van der Waals surface area contributed by atoms with Gasteiger partial charge in [0.2, 0.25) is 11.7 Å². The molecule has 9 heteroatoms. The number of benzene rings is 2. The van der Waals surface area contributed by atoms with E-state index in [2.05, 4.69) is 15.5 Å². The van der Waals surface area contributed by atoms with Gasteiger partial charge in [-0.2, -0.15) is 0 Å². The van der Waals surface area contributed by atoms with Crippen LogP contribution in [0.5, 0.6) is 5.75 Å². The number of hydrogen-bond acceptors (Lipinski definition) is 6. The zero-order chi connectivity index (χ0) is 21.1. The highest BCUT2D eigenvalue weighted by atomic mass is 35.5. The van der Waals surface area contributed by atoms with Gasteiger partial charge in [-0.15, -0.1) is 10.2 Å². The van der Waals surface area contributed by atoms with E-state index < -0.39 is 0 Å². The zero-order valence-corrected chi connectivity index (χ0v) is 18.0. The number of furan rings is 1. The fraction of sp³-hybridized carbons (Fsp3) is 0.190. The molecule has 7 nitrogen and oxygen atoms in total. The Morgan fingerprint density at radius 3 is 2.73 bits per heavy atom. The van der Waals surface area contributed by atoms with Crippen LogP contribution in [0.25, 0.3) is 22.6 Å². The average Bonchev–Trinajstić information content (AvgIpc) is 3.35.